The third-order valence-electron chi connectivity index (χ3n) is 4.93. The second kappa shape index (κ2) is 7.79. The molecule has 0 unspecified atom stereocenters. The number of benzene rings is 1. The maximum absolute atomic E-state index is 13.2. The van der Waals surface area contributed by atoms with Gasteiger partial charge in [-0.25, -0.2) is 9.97 Å². The summed E-state index contributed by atoms with van der Waals surface area (Å²) in [5.41, 5.74) is 0.795. The van der Waals surface area contributed by atoms with Crippen LogP contribution >= 0.6 is 0 Å². The molecule has 1 aromatic carbocycles. The molecule has 5 nitrogen and oxygen atoms in total. The molecule has 0 atom stereocenters. The Labute approximate surface area is 165 Å². The summed E-state index contributed by atoms with van der Waals surface area (Å²) >= 11 is 0. The van der Waals surface area contributed by atoms with Crippen molar-refractivity contribution >= 4 is 5.82 Å². The first-order valence-corrected chi connectivity index (χ1v) is 9.30. The molecule has 1 aliphatic rings. The van der Waals surface area contributed by atoms with E-state index < -0.39 is 11.7 Å². The van der Waals surface area contributed by atoms with Gasteiger partial charge in [0.25, 0.3) is 0 Å². The van der Waals surface area contributed by atoms with Crippen LogP contribution in [0.4, 0.5) is 19.0 Å². The van der Waals surface area contributed by atoms with Gasteiger partial charge in [-0.1, -0.05) is 12.1 Å². The molecule has 0 saturated carbocycles. The number of aromatic nitrogens is 3. The summed E-state index contributed by atoms with van der Waals surface area (Å²) in [4.78, 5) is 15.2. The van der Waals surface area contributed by atoms with Crippen molar-refractivity contribution in [3.05, 3.63) is 60.4 Å². The summed E-state index contributed by atoms with van der Waals surface area (Å²) in [6.45, 7) is 1.24. The maximum atomic E-state index is 13.2. The van der Waals surface area contributed by atoms with Gasteiger partial charge in [0.2, 0.25) is 0 Å². The van der Waals surface area contributed by atoms with E-state index in [9.17, 15) is 18.3 Å². The average molecular weight is 400 g/mol. The molecule has 0 spiro atoms. The minimum Gasteiger partial charge on any atom is -0.393 e. The molecule has 0 radical (unpaired) electrons. The lowest BCUT2D eigenvalue weighted by molar-refractivity contribution is -0.137. The highest BCUT2D eigenvalue weighted by atomic mass is 19.4. The van der Waals surface area contributed by atoms with Crippen LogP contribution in [0.5, 0.6) is 0 Å². The molecule has 1 N–H and O–H groups in total. The van der Waals surface area contributed by atoms with E-state index in [1.54, 1.807) is 36.7 Å². The number of rotatable bonds is 3. The number of halogens is 3. The number of anilines is 1. The van der Waals surface area contributed by atoms with Gasteiger partial charge in [-0.05, 0) is 37.1 Å². The molecule has 3 aromatic rings. The molecule has 8 heteroatoms. The van der Waals surface area contributed by atoms with Gasteiger partial charge < -0.3 is 10.0 Å². The molecule has 4 rings (SSSR count). The summed E-state index contributed by atoms with van der Waals surface area (Å²) in [5.74, 6) is 1.05. The molecule has 150 valence electrons. The van der Waals surface area contributed by atoms with E-state index in [2.05, 4.69) is 15.0 Å². The van der Waals surface area contributed by atoms with Crippen LogP contribution in [0, 0.1) is 0 Å². The van der Waals surface area contributed by atoms with Gasteiger partial charge in [-0.2, -0.15) is 13.2 Å². The predicted octanol–water partition coefficient (Wildman–Crippen LogP) is 4.19. The van der Waals surface area contributed by atoms with E-state index in [-0.39, 0.29) is 6.10 Å². The van der Waals surface area contributed by atoms with Crippen molar-refractivity contribution in [3.8, 4) is 22.6 Å². The fourth-order valence-corrected chi connectivity index (χ4v) is 3.32. The zero-order valence-electron chi connectivity index (χ0n) is 15.5. The summed E-state index contributed by atoms with van der Waals surface area (Å²) in [7, 11) is 0. The molecule has 0 amide bonds. The number of piperidine rings is 1. The summed E-state index contributed by atoms with van der Waals surface area (Å²) in [6.07, 6.45) is -0.293. The molecule has 1 saturated heterocycles. The lowest BCUT2D eigenvalue weighted by Gasteiger charge is -2.31. The summed E-state index contributed by atoms with van der Waals surface area (Å²) in [5, 5.41) is 9.77. The van der Waals surface area contributed by atoms with E-state index in [4.69, 9.17) is 0 Å². The Morgan fingerprint density at radius 2 is 1.66 bits per heavy atom. The maximum Gasteiger partial charge on any atom is 0.416 e. The van der Waals surface area contributed by atoms with Gasteiger partial charge in [0, 0.05) is 42.7 Å². The Balaban J connectivity index is 1.80. The Morgan fingerprint density at radius 3 is 2.34 bits per heavy atom. The van der Waals surface area contributed by atoms with Crippen LogP contribution in [-0.2, 0) is 6.18 Å². The van der Waals surface area contributed by atoms with Crippen LogP contribution in [0.1, 0.15) is 18.4 Å². The highest BCUT2D eigenvalue weighted by Gasteiger charge is 2.30. The van der Waals surface area contributed by atoms with Crippen LogP contribution in [0.3, 0.4) is 0 Å². The number of hydrogen-bond acceptors (Lipinski definition) is 5. The van der Waals surface area contributed by atoms with Crippen LogP contribution in [0.2, 0.25) is 0 Å². The molecule has 0 aliphatic carbocycles. The van der Waals surface area contributed by atoms with Crippen molar-refractivity contribution in [2.24, 2.45) is 0 Å². The van der Waals surface area contributed by atoms with Crippen molar-refractivity contribution in [1.29, 1.82) is 0 Å². The summed E-state index contributed by atoms with van der Waals surface area (Å²) < 4.78 is 39.5. The second-order valence-corrected chi connectivity index (χ2v) is 6.97. The third kappa shape index (κ3) is 4.37. The van der Waals surface area contributed by atoms with E-state index in [0.29, 0.717) is 48.8 Å². The largest absolute Gasteiger partial charge is 0.416 e. The smallest absolute Gasteiger partial charge is 0.393 e. The molecule has 1 fully saturated rings. The Bertz CT molecular complexity index is 987. The van der Waals surface area contributed by atoms with Crippen LogP contribution in [0.25, 0.3) is 22.6 Å². The predicted molar refractivity (Wildman–Crippen MR) is 103 cm³/mol. The fraction of sp³-hybridized carbons (Fsp3) is 0.286. The third-order valence-corrected chi connectivity index (χ3v) is 4.93. The number of hydrogen-bond donors (Lipinski definition) is 1. The Hall–Kier alpha value is -3.00. The first kappa shape index (κ1) is 19.3. The number of aliphatic hydroxyl groups is 1. The Kier molecular flexibility index (Phi) is 5.19. The highest BCUT2D eigenvalue weighted by molar-refractivity contribution is 5.68. The van der Waals surface area contributed by atoms with E-state index in [1.165, 1.54) is 6.07 Å². The van der Waals surface area contributed by atoms with Gasteiger partial charge in [-0.15, -0.1) is 0 Å². The number of nitrogens with zero attached hydrogens (tertiary/aromatic N) is 4. The number of aliphatic hydroxyl groups excluding tert-OH is 1. The average Bonchev–Trinajstić information content (AvgIpc) is 2.74. The van der Waals surface area contributed by atoms with Gasteiger partial charge in [0.15, 0.2) is 5.82 Å². The van der Waals surface area contributed by atoms with Crippen molar-refractivity contribution in [1.82, 2.24) is 15.0 Å². The number of alkyl halides is 3. The molecule has 2 aromatic heterocycles. The number of pyridine rings is 1. The van der Waals surface area contributed by atoms with Crippen LogP contribution in [-0.4, -0.2) is 39.3 Å². The molecule has 1 aliphatic heterocycles. The van der Waals surface area contributed by atoms with E-state index in [1.807, 2.05) is 4.90 Å². The van der Waals surface area contributed by atoms with Crippen molar-refractivity contribution < 1.29 is 18.3 Å². The zero-order chi connectivity index (χ0) is 20.4. The van der Waals surface area contributed by atoms with E-state index in [0.717, 1.165) is 17.7 Å². The normalized spacial score (nSPS) is 15.5. The van der Waals surface area contributed by atoms with Gasteiger partial charge >= 0.3 is 6.18 Å². The van der Waals surface area contributed by atoms with Gasteiger partial charge in [0.05, 0.1) is 17.4 Å². The van der Waals surface area contributed by atoms with Crippen LogP contribution in [0.15, 0.2) is 54.9 Å². The zero-order valence-corrected chi connectivity index (χ0v) is 15.5. The van der Waals surface area contributed by atoms with Gasteiger partial charge in [-0.3, -0.25) is 4.98 Å². The molecule has 3 heterocycles. The highest BCUT2D eigenvalue weighted by Crippen LogP contribution is 2.33. The lowest BCUT2D eigenvalue weighted by Crippen LogP contribution is -2.36. The minimum absolute atomic E-state index is 0.337. The van der Waals surface area contributed by atoms with Crippen LogP contribution < -0.4 is 4.90 Å². The molecular formula is C21H19F3N4O. The second-order valence-electron chi connectivity index (χ2n) is 6.97. The first-order chi connectivity index (χ1) is 13.9. The van der Waals surface area contributed by atoms with E-state index >= 15 is 0 Å². The standard InChI is InChI=1S/C21H19F3N4O/c22-21(23,24)16-3-1-2-15(12-16)18-13-19(28-10-6-17(29)7-11-28)27-20(26-18)14-4-8-25-9-5-14/h1-5,8-9,12-13,17,29H,6-7,10-11H2. The topological polar surface area (TPSA) is 62.1 Å². The van der Waals surface area contributed by atoms with Gasteiger partial charge in [0.1, 0.15) is 5.82 Å². The van der Waals surface area contributed by atoms with Crippen molar-refractivity contribution in [3.63, 3.8) is 0 Å². The minimum atomic E-state index is -4.43. The fourth-order valence-electron chi connectivity index (χ4n) is 3.32. The molecular weight excluding hydrogens is 381 g/mol. The quantitative estimate of drug-likeness (QED) is 0.715. The summed E-state index contributed by atoms with van der Waals surface area (Å²) in [6, 6.07) is 10.4. The van der Waals surface area contributed by atoms with Crippen molar-refractivity contribution in [2.45, 2.75) is 25.1 Å². The SMILES string of the molecule is OC1CCN(c2cc(-c3cccc(C(F)(F)F)c3)nc(-c3ccncc3)n2)CC1. The molecule has 0 bridgehead atoms. The molecule has 29 heavy (non-hydrogen) atoms. The first-order valence-electron chi connectivity index (χ1n) is 9.30. The monoisotopic (exact) mass is 400 g/mol. The Morgan fingerprint density at radius 1 is 0.931 bits per heavy atom. The van der Waals surface area contributed by atoms with Crippen molar-refractivity contribution in [2.75, 3.05) is 18.0 Å². The lowest BCUT2D eigenvalue weighted by atomic mass is 10.1.